The van der Waals surface area contributed by atoms with E-state index in [9.17, 15) is 17.6 Å². The van der Waals surface area contributed by atoms with Crippen molar-refractivity contribution >= 4 is 15.9 Å². The molecule has 128 valence electrons. The number of halogens is 1. The summed E-state index contributed by atoms with van der Waals surface area (Å²) in [5, 5.41) is 3.06. The highest BCUT2D eigenvalue weighted by Gasteiger charge is 2.27. The second-order valence-corrected chi connectivity index (χ2v) is 7.31. The maximum atomic E-state index is 12.8. The minimum atomic E-state index is -3.72. The minimum Gasteiger partial charge on any atom is -0.338 e. The summed E-state index contributed by atoms with van der Waals surface area (Å²) in [5.74, 6) is -0.548. The zero-order valence-electron chi connectivity index (χ0n) is 13.1. The van der Waals surface area contributed by atoms with Crippen molar-refractivity contribution < 1.29 is 17.6 Å². The molecule has 0 aliphatic carbocycles. The van der Waals surface area contributed by atoms with Gasteiger partial charge in [0.25, 0.3) is 0 Å². The summed E-state index contributed by atoms with van der Waals surface area (Å²) in [5.41, 5.74) is 0. The van der Waals surface area contributed by atoms with Gasteiger partial charge in [0.2, 0.25) is 15.9 Å². The molecular formula is C15H22FN3O3S. The lowest BCUT2D eigenvalue weighted by molar-refractivity contribution is -0.131. The van der Waals surface area contributed by atoms with Gasteiger partial charge in [0.1, 0.15) is 5.82 Å². The van der Waals surface area contributed by atoms with Crippen LogP contribution in [0.4, 0.5) is 4.39 Å². The van der Waals surface area contributed by atoms with E-state index in [0.717, 1.165) is 38.1 Å². The van der Waals surface area contributed by atoms with Gasteiger partial charge in [-0.15, -0.1) is 0 Å². The number of hydrogen-bond donors (Lipinski definition) is 2. The maximum absolute atomic E-state index is 12.8. The van der Waals surface area contributed by atoms with Crippen LogP contribution in [0.2, 0.25) is 0 Å². The molecule has 1 atom stereocenters. The number of benzene rings is 1. The highest BCUT2D eigenvalue weighted by atomic mass is 32.2. The van der Waals surface area contributed by atoms with Crippen LogP contribution in [0.3, 0.4) is 0 Å². The van der Waals surface area contributed by atoms with Gasteiger partial charge in [-0.05, 0) is 44.2 Å². The molecule has 1 heterocycles. The second-order valence-electron chi connectivity index (χ2n) is 5.54. The van der Waals surface area contributed by atoms with Crippen LogP contribution in [0.1, 0.15) is 19.3 Å². The fraction of sp³-hybridized carbons (Fsp3) is 0.533. The van der Waals surface area contributed by atoms with Crippen LogP contribution in [0.5, 0.6) is 0 Å². The number of nitrogens with zero attached hydrogens (tertiary/aromatic N) is 1. The van der Waals surface area contributed by atoms with E-state index in [1.165, 1.54) is 12.1 Å². The second kappa shape index (κ2) is 7.85. The molecule has 0 aromatic heterocycles. The molecule has 1 aliphatic rings. The average molecular weight is 343 g/mol. The van der Waals surface area contributed by atoms with Crippen LogP contribution >= 0.6 is 0 Å². The molecule has 2 rings (SSSR count). The van der Waals surface area contributed by atoms with Gasteiger partial charge in [-0.1, -0.05) is 0 Å². The Hall–Kier alpha value is -1.51. The summed E-state index contributed by atoms with van der Waals surface area (Å²) in [6.45, 7) is 1.49. The first-order valence-corrected chi connectivity index (χ1v) is 9.11. The molecule has 0 spiro atoms. The first-order valence-electron chi connectivity index (χ1n) is 7.63. The van der Waals surface area contributed by atoms with Gasteiger partial charge in [-0.25, -0.2) is 17.5 Å². The van der Waals surface area contributed by atoms with E-state index < -0.39 is 15.8 Å². The highest BCUT2D eigenvalue weighted by molar-refractivity contribution is 7.89. The topological polar surface area (TPSA) is 78.5 Å². The first kappa shape index (κ1) is 17.8. The van der Waals surface area contributed by atoms with E-state index in [0.29, 0.717) is 0 Å². The van der Waals surface area contributed by atoms with E-state index in [1.54, 1.807) is 0 Å². The van der Waals surface area contributed by atoms with Crippen LogP contribution in [0.25, 0.3) is 0 Å². The Balaban J connectivity index is 1.86. The lowest BCUT2D eigenvalue weighted by atomic mass is 10.2. The van der Waals surface area contributed by atoms with Crippen LogP contribution < -0.4 is 10.0 Å². The summed E-state index contributed by atoms with van der Waals surface area (Å²) in [6, 6.07) is 4.76. The van der Waals surface area contributed by atoms with Gasteiger partial charge in [-0.2, -0.15) is 0 Å². The third-order valence-corrected chi connectivity index (χ3v) is 5.37. The van der Waals surface area contributed by atoms with E-state index in [-0.39, 0.29) is 29.8 Å². The zero-order valence-corrected chi connectivity index (χ0v) is 13.9. The smallest absolute Gasteiger partial charge is 0.240 e. The van der Waals surface area contributed by atoms with Crippen molar-refractivity contribution in [2.75, 3.05) is 26.7 Å². The molecule has 8 heteroatoms. The third-order valence-electron chi connectivity index (χ3n) is 3.89. The number of carbonyl (C=O) groups is 1. The molecule has 1 unspecified atom stereocenters. The molecule has 1 aliphatic heterocycles. The van der Waals surface area contributed by atoms with E-state index in [2.05, 4.69) is 10.0 Å². The molecule has 0 saturated carbocycles. The fourth-order valence-electron chi connectivity index (χ4n) is 2.74. The van der Waals surface area contributed by atoms with E-state index in [4.69, 9.17) is 0 Å². The van der Waals surface area contributed by atoms with Crippen LogP contribution in [0.15, 0.2) is 29.2 Å². The van der Waals surface area contributed by atoms with E-state index in [1.807, 2.05) is 11.9 Å². The predicted molar refractivity (Wildman–Crippen MR) is 84.9 cm³/mol. The molecule has 6 nitrogen and oxygen atoms in total. The number of likely N-dealkylation sites (tertiary alicyclic amines) is 1. The first-order chi connectivity index (χ1) is 10.9. The van der Waals surface area contributed by atoms with Crippen molar-refractivity contribution in [1.29, 1.82) is 0 Å². The van der Waals surface area contributed by atoms with E-state index >= 15 is 0 Å². The zero-order chi connectivity index (χ0) is 16.9. The average Bonchev–Trinajstić information content (AvgIpc) is 2.96. The number of amides is 1. The summed E-state index contributed by atoms with van der Waals surface area (Å²) >= 11 is 0. The molecule has 1 aromatic rings. The number of rotatable bonds is 7. The molecule has 2 N–H and O–H groups in total. The Morgan fingerprint density at radius 3 is 2.70 bits per heavy atom. The van der Waals surface area contributed by atoms with Gasteiger partial charge in [0, 0.05) is 32.1 Å². The Morgan fingerprint density at radius 2 is 2.04 bits per heavy atom. The molecule has 0 radical (unpaired) electrons. The van der Waals surface area contributed by atoms with Gasteiger partial charge in [0.05, 0.1) is 4.90 Å². The Kier molecular flexibility index (Phi) is 6.09. The third kappa shape index (κ3) is 4.73. The Morgan fingerprint density at radius 1 is 1.35 bits per heavy atom. The van der Waals surface area contributed by atoms with Crippen molar-refractivity contribution in [1.82, 2.24) is 14.9 Å². The quantitative estimate of drug-likeness (QED) is 0.764. The van der Waals surface area contributed by atoms with Crippen LogP contribution in [-0.2, 0) is 14.8 Å². The molecular weight excluding hydrogens is 321 g/mol. The normalized spacial score (nSPS) is 18.3. The van der Waals surface area contributed by atoms with Crippen LogP contribution in [0, 0.1) is 5.82 Å². The highest BCUT2D eigenvalue weighted by Crippen LogP contribution is 2.17. The minimum absolute atomic E-state index is 0.0134. The number of carbonyl (C=O) groups excluding carboxylic acids is 1. The van der Waals surface area contributed by atoms with Crippen molar-refractivity contribution in [3.05, 3.63) is 30.1 Å². The summed E-state index contributed by atoms with van der Waals surface area (Å²) in [6.07, 6.45) is 2.05. The number of nitrogens with one attached hydrogen (secondary N) is 2. The van der Waals surface area contributed by atoms with Crippen molar-refractivity contribution in [3.8, 4) is 0 Å². The van der Waals surface area contributed by atoms with Crippen molar-refractivity contribution in [2.45, 2.75) is 30.2 Å². The van der Waals surface area contributed by atoms with Gasteiger partial charge in [0.15, 0.2) is 0 Å². The van der Waals surface area contributed by atoms with Gasteiger partial charge < -0.3 is 10.2 Å². The molecule has 1 fully saturated rings. The van der Waals surface area contributed by atoms with Crippen LogP contribution in [-0.4, -0.2) is 51.9 Å². The summed E-state index contributed by atoms with van der Waals surface area (Å²) < 4.78 is 39.3. The monoisotopic (exact) mass is 343 g/mol. The molecule has 23 heavy (non-hydrogen) atoms. The standard InChI is InChI=1S/C15H22FN3O3S/c1-17-11-13-3-2-10-19(13)15(20)8-9-18-23(21,22)14-6-4-12(16)5-7-14/h4-7,13,17-18H,2-3,8-11H2,1H3. The largest absolute Gasteiger partial charge is 0.338 e. The molecule has 0 bridgehead atoms. The SMILES string of the molecule is CNCC1CCCN1C(=O)CCNS(=O)(=O)c1ccc(F)cc1. The molecule has 1 saturated heterocycles. The lowest BCUT2D eigenvalue weighted by Gasteiger charge is -2.24. The summed E-state index contributed by atoms with van der Waals surface area (Å²) in [7, 11) is -1.87. The fourth-order valence-corrected chi connectivity index (χ4v) is 3.78. The predicted octanol–water partition coefficient (Wildman–Crippen LogP) is 0.704. The maximum Gasteiger partial charge on any atom is 0.240 e. The Bertz CT molecular complexity index is 634. The summed E-state index contributed by atoms with van der Waals surface area (Å²) in [4.78, 5) is 14.0. The molecule has 1 amide bonds. The van der Waals surface area contributed by atoms with Gasteiger partial charge in [-0.3, -0.25) is 4.79 Å². The van der Waals surface area contributed by atoms with Crippen molar-refractivity contribution in [2.24, 2.45) is 0 Å². The molecule has 1 aromatic carbocycles. The number of hydrogen-bond acceptors (Lipinski definition) is 4. The van der Waals surface area contributed by atoms with Gasteiger partial charge >= 0.3 is 0 Å². The number of sulfonamides is 1. The Labute approximate surface area is 136 Å². The number of likely N-dealkylation sites (N-methyl/N-ethyl adjacent to an activating group) is 1. The van der Waals surface area contributed by atoms with Crippen molar-refractivity contribution in [3.63, 3.8) is 0 Å². The lowest BCUT2D eigenvalue weighted by Crippen LogP contribution is -2.42.